The van der Waals surface area contributed by atoms with E-state index in [1.165, 1.54) is 6.07 Å². The fourth-order valence-corrected chi connectivity index (χ4v) is 3.93. The average molecular weight is 345 g/mol. The number of ether oxygens (including phenoxy) is 1. The predicted octanol–water partition coefficient (Wildman–Crippen LogP) is 5.19. The van der Waals surface area contributed by atoms with E-state index in [1.54, 1.807) is 12.1 Å². The Bertz CT molecular complexity index is 687. The molecule has 126 valence electrons. The van der Waals surface area contributed by atoms with Gasteiger partial charge >= 0.3 is 6.09 Å². The van der Waals surface area contributed by atoms with Crippen molar-refractivity contribution in [1.29, 1.82) is 0 Å². The molecule has 24 heavy (non-hydrogen) atoms. The van der Waals surface area contributed by atoms with Crippen molar-refractivity contribution in [2.45, 2.75) is 25.4 Å². The monoisotopic (exact) mass is 345 g/mol. The van der Waals surface area contributed by atoms with Crippen molar-refractivity contribution in [2.24, 2.45) is 0 Å². The first-order valence-corrected chi connectivity index (χ1v) is 9.23. The molecule has 0 aliphatic carbocycles. The molecule has 1 aliphatic heterocycles. The predicted molar refractivity (Wildman–Crippen MR) is 95.9 cm³/mol. The average Bonchev–Trinajstić information content (AvgIpc) is 2.62. The van der Waals surface area contributed by atoms with E-state index in [0.29, 0.717) is 5.69 Å². The maximum absolute atomic E-state index is 14.3. The van der Waals surface area contributed by atoms with Gasteiger partial charge in [0, 0.05) is 5.69 Å². The Kier molecular flexibility index (Phi) is 5.75. The smallest absolute Gasteiger partial charge is 0.411 e. The van der Waals surface area contributed by atoms with E-state index in [0.717, 1.165) is 35.5 Å². The summed E-state index contributed by atoms with van der Waals surface area (Å²) in [5, 5.41) is 2.58. The van der Waals surface area contributed by atoms with Gasteiger partial charge in [-0.1, -0.05) is 36.4 Å². The molecule has 1 amide bonds. The maximum Gasteiger partial charge on any atom is 0.411 e. The summed E-state index contributed by atoms with van der Waals surface area (Å²) >= 11 is 1.92. The fourth-order valence-electron chi connectivity index (χ4n) is 2.82. The highest BCUT2D eigenvalue weighted by Crippen LogP contribution is 2.33. The van der Waals surface area contributed by atoms with Crippen molar-refractivity contribution in [1.82, 2.24) is 0 Å². The van der Waals surface area contributed by atoms with Gasteiger partial charge in [-0.2, -0.15) is 11.8 Å². The molecule has 0 atom stereocenters. The van der Waals surface area contributed by atoms with Crippen molar-refractivity contribution in [3.63, 3.8) is 0 Å². The Morgan fingerprint density at radius 2 is 1.92 bits per heavy atom. The molecule has 1 fully saturated rings. The SMILES string of the molecule is O=C(Nc1ccc(C2CCSCC2)c(F)c1)OCc1ccccc1. The van der Waals surface area contributed by atoms with Crippen LogP contribution in [0.3, 0.4) is 0 Å². The van der Waals surface area contributed by atoms with E-state index in [2.05, 4.69) is 5.32 Å². The van der Waals surface area contributed by atoms with Crippen molar-refractivity contribution in [3.8, 4) is 0 Å². The van der Waals surface area contributed by atoms with E-state index in [1.807, 2.05) is 42.1 Å². The van der Waals surface area contributed by atoms with Crippen LogP contribution in [0.15, 0.2) is 48.5 Å². The number of carbonyl (C=O) groups excluding carboxylic acids is 1. The first kappa shape index (κ1) is 16.8. The number of nitrogens with one attached hydrogen (secondary N) is 1. The Morgan fingerprint density at radius 1 is 1.17 bits per heavy atom. The van der Waals surface area contributed by atoms with Crippen LogP contribution < -0.4 is 5.32 Å². The highest BCUT2D eigenvalue weighted by atomic mass is 32.2. The molecule has 0 unspecified atom stereocenters. The van der Waals surface area contributed by atoms with Crippen molar-refractivity contribution in [3.05, 3.63) is 65.5 Å². The summed E-state index contributed by atoms with van der Waals surface area (Å²) in [7, 11) is 0. The zero-order chi connectivity index (χ0) is 16.8. The molecule has 1 aliphatic rings. The molecular formula is C19H20FNO2S. The van der Waals surface area contributed by atoms with Crippen LogP contribution in [0.2, 0.25) is 0 Å². The molecule has 5 heteroatoms. The van der Waals surface area contributed by atoms with Crippen LogP contribution in [-0.4, -0.2) is 17.6 Å². The van der Waals surface area contributed by atoms with Gasteiger partial charge in [-0.15, -0.1) is 0 Å². The summed E-state index contributed by atoms with van der Waals surface area (Å²) in [6.45, 7) is 0.187. The van der Waals surface area contributed by atoms with E-state index in [4.69, 9.17) is 4.74 Å². The first-order chi connectivity index (χ1) is 11.7. The third-order valence-electron chi connectivity index (χ3n) is 4.12. The van der Waals surface area contributed by atoms with Gasteiger partial charge in [-0.05, 0) is 53.5 Å². The number of amides is 1. The maximum atomic E-state index is 14.3. The third kappa shape index (κ3) is 4.51. The van der Waals surface area contributed by atoms with Gasteiger partial charge in [0.2, 0.25) is 0 Å². The van der Waals surface area contributed by atoms with Gasteiger partial charge in [-0.3, -0.25) is 5.32 Å². The summed E-state index contributed by atoms with van der Waals surface area (Å²) in [4.78, 5) is 11.8. The van der Waals surface area contributed by atoms with Crippen molar-refractivity contribution < 1.29 is 13.9 Å². The number of thioether (sulfide) groups is 1. The van der Waals surface area contributed by atoms with E-state index in [9.17, 15) is 9.18 Å². The third-order valence-corrected chi connectivity index (χ3v) is 5.17. The standard InChI is InChI=1S/C19H20FNO2S/c20-18-12-16(6-7-17(18)15-8-10-24-11-9-15)21-19(22)23-13-14-4-2-1-3-5-14/h1-7,12,15H,8-11,13H2,(H,21,22). The van der Waals surface area contributed by atoms with Gasteiger partial charge in [0.1, 0.15) is 12.4 Å². The van der Waals surface area contributed by atoms with E-state index >= 15 is 0 Å². The van der Waals surface area contributed by atoms with Crippen LogP contribution in [0, 0.1) is 5.82 Å². The lowest BCUT2D eigenvalue weighted by molar-refractivity contribution is 0.155. The highest BCUT2D eigenvalue weighted by molar-refractivity contribution is 7.99. The summed E-state index contributed by atoms with van der Waals surface area (Å²) < 4.78 is 19.5. The fraction of sp³-hybridized carbons (Fsp3) is 0.316. The molecule has 0 bridgehead atoms. The molecule has 0 saturated carbocycles. The van der Waals surface area contributed by atoms with Gasteiger partial charge in [0.25, 0.3) is 0 Å². The Balaban J connectivity index is 1.57. The number of hydrogen-bond donors (Lipinski definition) is 1. The van der Waals surface area contributed by atoms with Crippen molar-refractivity contribution >= 4 is 23.5 Å². The molecule has 1 N–H and O–H groups in total. The minimum absolute atomic E-state index is 0.187. The minimum atomic E-state index is -0.583. The van der Waals surface area contributed by atoms with Crippen LogP contribution >= 0.6 is 11.8 Å². The zero-order valence-electron chi connectivity index (χ0n) is 13.3. The number of benzene rings is 2. The van der Waals surface area contributed by atoms with Crippen LogP contribution in [-0.2, 0) is 11.3 Å². The highest BCUT2D eigenvalue weighted by Gasteiger charge is 2.19. The molecule has 1 heterocycles. The van der Waals surface area contributed by atoms with Crippen LogP contribution in [0.4, 0.5) is 14.9 Å². The number of anilines is 1. The normalized spacial score (nSPS) is 15.0. The molecule has 2 aromatic carbocycles. The molecule has 0 spiro atoms. The Labute approximate surface area is 145 Å². The molecule has 1 saturated heterocycles. The number of hydrogen-bond acceptors (Lipinski definition) is 3. The van der Waals surface area contributed by atoms with Gasteiger partial charge in [0.15, 0.2) is 0 Å². The van der Waals surface area contributed by atoms with E-state index < -0.39 is 6.09 Å². The largest absolute Gasteiger partial charge is 0.444 e. The van der Waals surface area contributed by atoms with Crippen molar-refractivity contribution in [2.75, 3.05) is 16.8 Å². The van der Waals surface area contributed by atoms with Crippen LogP contribution in [0.5, 0.6) is 0 Å². The number of carbonyl (C=O) groups is 1. The summed E-state index contributed by atoms with van der Waals surface area (Å²) in [6, 6.07) is 14.3. The summed E-state index contributed by atoms with van der Waals surface area (Å²) in [5.74, 6) is 2.18. The molecule has 3 rings (SSSR count). The molecule has 0 radical (unpaired) electrons. The van der Waals surface area contributed by atoms with Crippen LogP contribution in [0.1, 0.15) is 29.9 Å². The minimum Gasteiger partial charge on any atom is -0.444 e. The molecule has 0 aromatic heterocycles. The number of rotatable bonds is 4. The quantitative estimate of drug-likeness (QED) is 0.829. The first-order valence-electron chi connectivity index (χ1n) is 8.07. The van der Waals surface area contributed by atoms with Gasteiger partial charge < -0.3 is 4.74 Å². The summed E-state index contributed by atoms with van der Waals surface area (Å²) in [6.07, 6.45) is 1.43. The topological polar surface area (TPSA) is 38.3 Å². The lowest BCUT2D eigenvalue weighted by Gasteiger charge is -2.22. The second kappa shape index (κ2) is 8.20. The number of halogens is 1. The van der Waals surface area contributed by atoms with Gasteiger partial charge in [0.05, 0.1) is 0 Å². The second-order valence-corrected chi connectivity index (χ2v) is 7.03. The lowest BCUT2D eigenvalue weighted by atomic mass is 9.93. The molecular weight excluding hydrogens is 325 g/mol. The van der Waals surface area contributed by atoms with E-state index in [-0.39, 0.29) is 18.3 Å². The second-order valence-electron chi connectivity index (χ2n) is 5.81. The Morgan fingerprint density at radius 3 is 2.62 bits per heavy atom. The lowest BCUT2D eigenvalue weighted by Crippen LogP contribution is -2.14. The molecule has 2 aromatic rings. The summed E-state index contributed by atoms with van der Waals surface area (Å²) in [5.41, 5.74) is 2.07. The van der Waals surface area contributed by atoms with Gasteiger partial charge in [-0.25, -0.2) is 9.18 Å². The Hall–Kier alpha value is -2.01. The zero-order valence-corrected chi connectivity index (χ0v) is 14.2. The van der Waals surface area contributed by atoms with Crippen LogP contribution in [0.25, 0.3) is 0 Å². The molecule has 3 nitrogen and oxygen atoms in total.